The van der Waals surface area contributed by atoms with Crippen LogP contribution in [0.3, 0.4) is 0 Å². The van der Waals surface area contributed by atoms with Gasteiger partial charge >= 0.3 is 0 Å². The zero-order chi connectivity index (χ0) is 9.84. The number of anilines is 1. The Labute approximate surface area is 76.9 Å². The minimum atomic E-state index is -0.130. The maximum absolute atomic E-state index is 10.8. The molecule has 0 saturated carbocycles. The molecule has 1 aromatic heterocycles. The molecule has 0 aromatic carbocycles. The number of hydrogen-bond donors (Lipinski definition) is 1. The standard InChI is InChI=1S/C9H12N2O2/c1-6-4-5-10-9(13-3)8(6)11-7(2)12/h4-5H,1-3H3,(H,11,12). The summed E-state index contributed by atoms with van der Waals surface area (Å²) in [6, 6.07) is 1.81. The van der Waals surface area contributed by atoms with Crippen LogP contribution in [0.1, 0.15) is 12.5 Å². The number of methoxy groups -OCH3 is 1. The van der Waals surface area contributed by atoms with Gasteiger partial charge < -0.3 is 10.1 Å². The van der Waals surface area contributed by atoms with E-state index in [1.165, 1.54) is 14.0 Å². The molecule has 0 aliphatic heterocycles. The number of rotatable bonds is 2. The van der Waals surface area contributed by atoms with Crippen molar-refractivity contribution in [1.29, 1.82) is 0 Å². The second-order valence-electron chi connectivity index (χ2n) is 2.69. The number of carbonyl (C=O) groups excluding carboxylic acids is 1. The van der Waals surface area contributed by atoms with Crippen LogP contribution in [0.15, 0.2) is 12.3 Å². The minimum absolute atomic E-state index is 0.130. The van der Waals surface area contributed by atoms with Gasteiger partial charge in [-0.05, 0) is 18.6 Å². The number of aromatic nitrogens is 1. The highest BCUT2D eigenvalue weighted by molar-refractivity contribution is 5.90. The highest BCUT2D eigenvalue weighted by Crippen LogP contribution is 2.24. The third kappa shape index (κ3) is 2.18. The molecular formula is C9H12N2O2. The van der Waals surface area contributed by atoms with E-state index in [4.69, 9.17) is 4.74 Å². The van der Waals surface area contributed by atoms with Gasteiger partial charge in [0.2, 0.25) is 11.8 Å². The summed E-state index contributed by atoms with van der Waals surface area (Å²) in [5.74, 6) is 0.310. The predicted octanol–water partition coefficient (Wildman–Crippen LogP) is 1.36. The van der Waals surface area contributed by atoms with E-state index >= 15 is 0 Å². The third-order valence-electron chi connectivity index (χ3n) is 1.62. The van der Waals surface area contributed by atoms with Gasteiger partial charge in [-0.25, -0.2) is 4.98 Å². The van der Waals surface area contributed by atoms with Crippen molar-refractivity contribution in [2.24, 2.45) is 0 Å². The van der Waals surface area contributed by atoms with Crippen molar-refractivity contribution in [1.82, 2.24) is 4.98 Å². The summed E-state index contributed by atoms with van der Waals surface area (Å²) in [6.07, 6.45) is 1.64. The Hall–Kier alpha value is -1.58. The monoisotopic (exact) mass is 180 g/mol. The second kappa shape index (κ2) is 3.89. The molecular weight excluding hydrogens is 168 g/mol. The van der Waals surface area contributed by atoms with Crippen molar-refractivity contribution < 1.29 is 9.53 Å². The molecule has 4 heteroatoms. The van der Waals surface area contributed by atoms with Crippen LogP contribution in [0.5, 0.6) is 5.88 Å². The molecule has 70 valence electrons. The Morgan fingerprint density at radius 3 is 2.85 bits per heavy atom. The first-order chi connectivity index (χ1) is 6.15. The van der Waals surface area contributed by atoms with Gasteiger partial charge in [0, 0.05) is 13.1 Å². The normalized spacial score (nSPS) is 9.46. The van der Waals surface area contributed by atoms with Gasteiger partial charge in [0.25, 0.3) is 0 Å². The zero-order valence-corrected chi connectivity index (χ0v) is 7.92. The van der Waals surface area contributed by atoms with Gasteiger partial charge in [-0.3, -0.25) is 4.79 Å². The molecule has 1 rings (SSSR count). The average molecular weight is 180 g/mol. The fraction of sp³-hybridized carbons (Fsp3) is 0.333. The van der Waals surface area contributed by atoms with Crippen LogP contribution in [0, 0.1) is 6.92 Å². The molecule has 0 spiro atoms. The summed E-state index contributed by atoms with van der Waals surface area (Å²) < 4.78 is 5.00. The van der Waals surface area contributed by atoms with Crippen molar-refractivity contribution in [3.05, 3.63) is 17.8 Å². The highest BCUT2D eigenvalue weighted by atomic mass is 16.5. The molecule has 0 saturated heterocycles. The summed E-state index contributed by atoms with van der Waals surface area (Å²) in [6.45, 7) is 3.33. The van der Waals surface area contributed by atoms with E-state index < -0.39 is 0 Å². The van der Waals surface area contributed by atoms with E-state index in [2.05, 4.69) is 10.3 Å². The lowest BCUT2D eigenvalue weighted by molar-refractivity contribution is -0.114. The van der Waals surface area contributed by atoms with Gasteiger partial charge in [0.1, 0.15) is 5.69 Å². The van der Waals surface area contributed by atoms with Gasteiger partial charge in [-0.15, -0.1) is 0 Å². The topological polar surface area (TPSA) is 51.2 Å². The van der Waals surface area contributed by atoms with Crippen LogP contribution in [0.2, 0.25) is 0 Å². The molecule has 0 bridgehead atoms. The number of carbonyl (C=O) groups is 1. The second-order valence-corrected chi connectivity index (χ2v) is 2.69. The summed E-state index contributed by atoms with van der Waals surface area (Å²) in [5.41, 5.74) is 1.57. The van der Waals surface area contributed by atoms with E-state index in [1.807, 2.05) is 13.0 Å². The Bertz CT molecular complexity index is 323. The summed E-state index contributed by atoms with van der Waals surface area (Å²) >= 11 is 0. The van der Waals surface area contributed by atoms with Crippen LogP contribution in [0.25, 0.3) is 0 Å². The van der Waals surface area contributed by atoms with E-state index in [0.717, 1.165) is 5.56 Å². The SMILES string of the molecule is COc1nccc(C)c1NC(C)=O. The van der Waals surface area contributed by atoms with Crippen LogP contribution < -0.4 is 10.1 Å². The maximum atomic E-state index is 10.8. The molecule has 0 aliphatic rings. The number of pyridine rings is 1. The summed E-state index contributed by atoms with van der Waals surface area (Å²) in [4.78, 5) is 14.8. The molecule has 13 heavy (non-hydrogen) atoms. The van der Waals surface area contributed by atoms with Crippen LogP contribution >= 0.6 is 0 Å². The molecule has 1 aromatic rings. The largest absolute Gasteiger partial charge is 0.480 e. The lowest BCUT2D eigenvalue weighted by Gasteiger charge is -2.09. The Morgan fingerprint density at radius 1 is 1.62 bits per heavy atom. The molecule has 0 fully saturated rings. The van der Waals surface area contributed by atoms with Crippen LogP contribution in [0.4, 0.5) is 5.69 Å². The number of amides is 1. The summed E-state index contributed by atoms with van der Waals surface area (Å²) in [5, 5.41) is 2.67. The molecule has 1 N–H and O–H groups in total. The molecule has 0 atom stereocenters. The van der Waals surface area contributed by atoms with Gasteiger partial charge in [0.05, 0.1) is 7.11 Å². The number of nitrogens with one attached hydrogen (secondary N) is 1. The molecule has 1 heterocycles. The van der Waals surface area contributed by atoms with E-state index in [-0.39, 0.29) is 5.91 Å². The maximum Gasteiger partial charge on any atom is 0.237 e. The molecule has 0 aliphatic carbocycles. The Morgan fingerprint density at radius 2 is 2.31 bits per heavy atom. The molecule has 0 radical (unpaired) electrons. The fourth-order valence-corrected chi connectivity index (χ4v) is 1.02. The Balaban J connectivity index is 3.07. The Kier molecular flexibility index (Phi) is 2.84. The molecule has 0 unspecified atom stereocenters. The first-order valence-corrected chi connectivity index (χ1v) is 3.92. The van der Waals surface area contributed by atoms with Crippen LogP contribution in [-0.4, -0.2) is 18.0 Å². The predicted molar refractivity (Wildman–Crippen MR) is 49.8 cm³/mol. The van der Waals surface area contributed by atoms with E-state index in [1.54, 1.807) is 6.20 Å². The average Bonchev–Trinajstić information content (AvgIpc) is 2.08. The van der Waals surface area contributed by atoms with Gasteiger partial charge in [0.15, 0.2) is 0 Å². The highest BCUT2D eigenvalue weighted by Gasteiger charge is 2.07. The van der Waals surface area contributed by atoms with E-state index in [0.29, 0.717) is 11.6 Å². The van der Waals surface area contributed by atoms with Crippen molar-refractivity contribution in [3.8, 4) is 5.88 Å². The molecule has 1 amide bonds. The first kappa shape index (κ1) is 9.51. The quantitative estimate of drug-likeness (QED) is 0.747. The van der Waals surface area contributed by atoms with E-state index in [9.17, 15) is 4.79 Å². The smallest absolute Gasteiger partial charge is 0.237 e. The molecule has 4 nitrogen and oxygen atoms in total. The van der Waals surface area contributed by atoms with Crippen molar-refractivity contribution >= 4 is 11.6 Å². The fourth-order valence-electron chi connectivity index (χ4n) is 1.02. The number of aryl methyl sites for hydroxylation is 1. The lowest BCUT2D eigenvalue weighted by atomic mass is 10.2. The summed E-state index contributed by atoms with van der Waals surface area (Å²) in [7, 11) is 1.52. The minimum Gasteiger partial charge on any atom is -0.480 e. The van der Waals surface area contributed by atoms with Crippen molar-refractivity contribution in [3.63, 3.8) is 0 Å². The number of ether oxygens (including phenoxy) is 1. The lowest BCUT2D eigenvalue weighted by Crippen LogP contribution is -2.09. The van der Waals surface area contributed by atoms with Crippen LogP contribution in [-0.2, 0) is 4.79 Å². The number of nitrogens with zero attached hydrogens (tertiary/aromatic N) is 1. The van der Waals surface area contributed by atoms with Gasteiger partial charge in [-0.1, -0.05) is 0 Å². The first-order valence-electron chi connectivity index (χ1n) is 3.92. The van der Waals surface area contributed by atoms with Gasteiger partial charge in [-0.2, -0.15) is 0 Å². The van der Waals surface area contributed by atoms with Crippen molar-refractivity contribution in [2.45, 2.75) is 13.8 Å². The number of hydrogen-bond acceptors (Lipinski definition) is 3. The zero-order valence-electron chi connectivity index (χ0n) is 7.92. The van der Waals surface area contributed by atoms with Crippen molar-refractivity contribution in [2.75, 3.05) is 12.4 Å². The third-order valence-corrected chi connectivity index (χ3v) is 1.62.